The van der Waals surface area contributed by atoms with E-state index in [1.165, 1.54) is 0 Å². The van der Waals surface area contributed by atoms with Crippen LogP contribution in [0.1, 0.15) is 39.5 Å². The number of carbonyl (C=O) groups is 1. The number of amides is 1. The number of nitrogens with one attached hydrogen (secondary N) is 2. The molecule has 0 aliphatic carbocycles. The molecule has 4 heteroatoms. The molecule has 1 fully saturated rings. The summed E-state index contributed by atoms with van der Waals surface area (Å²) >= 11 is 0. The maximum Gasteiger partial charge on any atom is 0.227 e. The summed E-state index contributed by atoms with van der Waals surface area (Å²) in [4.78, 5) is 12.0. The number of rotatable bonds is 7. The van der Waals surface area contributed by atoms with Gasteiger partial charge in [-0.3, -0.25) is 4.79 Å². The summed E-state index contributed by atoms with van der Waals surface area (Å²) in [6.07, 6.45) is 4.02. The van der Waals surface area contributed by atoms with Crippen LogP contribution in [-0.2, 0) is 9.53 Å². The Kier molecular flexibility index (Phi) is 6.52. The van der Waals surface area contributed by atoms with Gasteiger partial charge in [0.05, 0.1) is 5.41 Å². The van der Waals surface area contributed by atoms with Gasteiger partial charge in [-0.2, -0.15) is 0 Å². The lowest BCUT2D eigenvalue weighted by molar-refractivity contribution is -0.131. The van der Waals surface area contributed by atoms with Crippen LogP contribution in [0.25, 0.3) is 0 Å². The highest BCUT2D eigenvalue weighted by Crippen LogP contribution is 2.25. The molecule has 1 aliphatic rings. The molecule has 1 atom stereocenters. The smallest absolute Gasteiger partial charge is 0.227 e. The number of ether oxygens (including phenoxy) is 1. The second-order valence-electron chi connectivity index (χ2n) is 5.06. The quantitative estimate of drug-likeness (QED) is 0.662. The highest BCUT2D eigenvalue weighted by molar-refractivity contribution is 5.82. The molecule has 1 heterocycles. The largest absolute Gasteiger partial charge is 0.381 e. The van der Waals surface area contributed by atoms with Gasteiger partial charge in [0.25, 0.3) is 0 Å². The van der Waals surface area contributed by atoms with E-state index < -0.39 is 0 Å². The Hall–Kier alpha value is -0.610. The van der Waals surface area contributed by atoms with Gasteiger partial charge < -0.3 is 15.4 Å². The molecule has 17 heavy (non-hydrogen) atoms. The zero-order valence-corrected chi connectivity index (χ0v) is 11.2. The third-order valence-electron chi connectivity index (χ3n) is 3.24. The normalized spacial score (nSPS) is 24.6. The highest BCUT2D eigenvalue weighted by atomic mass is 16.5. The Labute approximate surface area is 104 Å². The minimum Gasteiger partial charge on any atom is -0.381 e. The van der Waals surface area contributed by atoms with Crippen molar-refractivity contribution in [2.75, 3.05) is 32.8 Å². The van der Waals surface area contributed by atoms with E-state index in [9.17, 15) is 4.79 Å². The molecule has 1 unspecified atom stereocenters. The van der Waals surface area contributed by atoms with Crippen molar-refractivity contribution in [1.29, 1.82) is 0 Å². The summed E-state index contributed by atoms with van der Waals surface area (Å²) in [6.45, 7) is 8.25. The van der Waals surface area contributed by atoms with Crippen molar-refractivity contribution in [2.45, 2.75) is 39.5 Å². The van der Waals surface area contributed by atoms with Crippen LogP contribution in [-0.4, -0.2) is 38.8 Å². The predicted octanol–water partition coefficient (Wildman–Crippen LogP) is 1.31. The Bertz CT molecular complexity index is 225. The lowest BCUT2D eigenvalue weighted by Crippen LogP contribution is -2.48. The molecule has 0 aromatic heterocycles. The zero-order chi connectivity index (χ0) is 12.6. The van der Waals surface area contributed by atoms with Gasteiger partial charge in [0.2, 0.25) is 5.91 Å². The van der Waals surface area contributed by atoms with Crippen molar-refractivity contribution in [2.24, 2.45) is 5.41 Å². The van der Waals surface area contributed by atoms with Crippen LogP contribution in [0.15, 0.2) is 0 Å². The fourth-order valence-corrected chi connectivity index (χ4v) is 2.09. The first kappa shape index (κ1) is 14.5. The van der Waals surface area contributed by atoms with Crippen molar-refractivity contribution in [3.05, 3.63) is 0 Å². The maximum atomic E-state index is 12.0. The van der Waals surface area contributed by atoms with E-state index in [2.05, 4.69) is 17.6 Å². The van der Waals surface area contributed by atoms with Crippen molar-refractivity contribution in [3.8, 4) is 0 Å². The van der Waals surface area contributed by atoms with E-state index in [0.29, 0.717) is 0 Å². The SMILES string of the molecule is CCCOCCCNC(=O)C1(C)CCCNC1. The Balaban J connectivity index is 2.11. The molecule has 0 bridgehead atoms. The van der Waals surface area contributed by atoms with E-state index in [1.807, 2.05) is 6.92 Å². The van der Waals surface area contributed by atoms with Crippen molar-refractivity contribution < 1.29 is 9.53 Å². The summed E-state index contributed by atoms with van der Waals surface area (Å²) in [5, 5.41) is 6.30. The average Bonchev–Trinajstić information content (AvgIpc) is 2.34. The minimum absolute atomic E-state index is 0.181. The van der Waals surface area contributed by atoms with Gasteiger partial charge in [0.15, 0.2) is 0 Å². The average molecular weight is 242 g/mol. The van der Waals surface area contributed by atoms with Crippen LogP contribution < -0.4 is 10.6 Å². The molecule has 4 nitrogen and oxygen atoms in total. The van der Waals surface area contributed by atoms with E-state index in [-0.39, 0.29) is 11.3 Å². The standard InChI is InChI=1S/C13H26N2O2/c1-3-9-17-10-5-8-15-12(16)13(2)6-4-7-14-11-13/h14H,3-11H2,1-2H3,(H,15,16). The van der Waals surface area contributed by atoms with Crippen molar-refractivity contribution in [1.82, 2.24) is 10.6 Å². The molecule has 0 spiro atoms. The molecular weight excluding hydrogens is 216 g/mol. The molecule has 2 N–H and O–H groups in total. The van der Waals surface area contributed by atoms with Crippen molar-refractivity contribution in [3.63, 3.8) is 0 Å². The first-order valence-electron chi connectivity index (χ1n) is 6.76. The van der Waals surface area contributed by atoms with Gasteiger partial charge in [-0.15, -0.1) is 0 Å². The third-order valence-corrected chi connectivity index (χ3v) is 3.24. The zero-order valence-electron chi connectivity index (χ0n) is 11.2. The van der Waals surface area contributed by atoms with Crippen LogP contribution in [0.4, 0.5) is 0 Å². The molecule has 1 rings (SSSR count). The second kappa shape index (κ2) is 7.67. The summed E-state index contributed by atoms with van der Waals surface area (Å²) in [6, 6.07) is 0. The first-order valence-corrected chi connectivity index (χ1v) is 6.76. The summed E-state index contributed by atoms with van der Waals surface area (Å²) in [7, 11) is 0. The third kappa shape index (κ3) is 5.04. The molecular formula is C13H26N2O2. The van der Waals surface area contributed by atoms with E-state index in [4.69, 9.17) is 4.74 Å². The molecule has 0 saturated carbocycles. The lowest BCUT2D eigenvalue weighted by atomic mass is 9.82. The van der Waals surface area contributed by atoms with Gasteiger partial charge in [0.1, 0.15) is 0 Å². The molecule has 0 radical (unpaired) electrons. The first-order chi connectivity index (χ1) is 8.19. The maximum absolute atomic E-state index is 12.0. The van der Waals surface area contributed by atoms with Gasteiger partial charge in [0, 0.05) is 26.3 Å². The van der Waals surface area contributed by atoms with Crippen LogP contribution in [0.2, 0.25) is 0 Å². The molecule has 0 aromatic rings. The van der Waals surface area contributed by atoms with Crippen LogP contribution in [0, 0.1) is 5.41 Å². The monoisotopic (exact) mass is 242 g/mol. The molecule has 0 aromatic carbocycles. The van der Waals surface area contributed by atoms with Gasteiger partial charge in [-0.25, -0.2) is 0 Å². The summed E-state index contributed by atoms with van der Waals surface area (Å²) < 4.78 is 5.37. The molecule has 1 saturated heterocycles. The van der Waals surface area contributed by atoms with E-state index in [1.54, 1.807) is 0 Å². The fourth-order valence-electron chi connectivity index (χ4n) is 2.09. The Morgan fingerprint density at radius 1 is 1.47 bits per heavy atom. The molecule has 1 aliphatic heterocycles. The Morgan fingerprint density at radius 3 is 2.94 bits per heavy atom. The summed E-state index contributed by atoms with van der Waals surface area (Å²) in [5.74, 6) is 0.181. The van der Waals surface area contributed by atoms with Gasteiger partial charge in [-0.05, 0) is 39.2 Å². The van der Waals surface area contributed by atoms with Crippen molar-refractivity contribution >= 4 is 5.91 Å². The Morgan fingerprint density at radius 2 is 2.29 bits per heavy atom. The lowest BCUT2D eigenvalue weighted by Gasteiger charge is -2.32. The van der Waals surface area contributed by atoms with Gasteiger partial charge in [-0.1, -0.05) is 6.92 Å². The number of carbonyl (C=O) groups excluding carboxylic acids is 1. The van der Waals surface area contributed by atoms with E-state index >= 15 is 0 Å². The molecule has 1 amide bonds. The summed E-state index contributed by atoms with van der Waals surface area (Å²) in [5.41, 5.74) is -0.220. The van der Waals surface area contributed by atoms with Crippen LogP contribution in [0.5, 0.6) is 0 Å². The van der Waals surface area contributed by atoms with E-state index in [0.717, 1.165) is 58.5 Å². The van der Waals surface area contributed by atoms with Gasteiger partial charge >= 0.3 is 0 Å². The molecule has 100 valence electrons. The second-order valence-corrected chi connectivity index (χ2v) is 5.06. The highest BCUT2D eigenvalue weighted by Gasteiger charge is 2.34. The number of hydrogen-bond acceptors (Lipinski definition) is 3. The van der Waals surface area contributed by atoms with Crippen LogP contribution in [0.3, 0.4) is 0 Å². The number of hydrogen-bond donors (Lipinski definition) is 2. The number of piperidine rings is 1. The predicted molar refractivity (Wildman–Crippen MR) is 68.9 cm³/mol. The minimum atomic E-state index is -0.220. The topological polar surface area (TPSA) is 50.4 Å². The van der Waals surface area contributed by atoms with Crippen LogP contribution >= 0.6 is 0 Å². The fraction of sp³-hybridized carbons (Fsp3) is 0.923.